The molecule has 0 aliphatic rings. The first kappa shape index (κ1) is 7.94. The van der Waals surface area contributed by atoms with Crippen molar-refractivity contribution in [2.24, 2.45) is 0 Å². The molecule has 60 valence electrons. The number of rotatable bonds is 3. The van der Waals surface area contributed by atoms with Gasteiger partial charge < -0.3 is 9.47 Å². The lowest BCUT2D eigenvalue weighted by Gasteiger charge is -2.01. The van der Waals surface area contributed by atoms with Crippen molar-refractivity contribution in [1.29, 1.82) is 0 Å². The molecule has 1 rings (SSSR count). The van der Waals surface area contributed by atoms with E-state index < -0.39 is 5.95 Å². The number of ether oxygens (including phenoxy) is 2. The van der Waals surface area contributed by atoms with Gasteiger partial charge in [-0.15, -0.1) is 0 Å². The summed E-state index contributed by atoms with van der Waals surface area (Å²) in [5.41, 5.74) is 0. The molecule has 0 amide bonds. The Hall–Kier alpha value is -1.16. The molecule has 4 heteroatoms. The zero-order chi connectivity index (χ0) is 8.10. The van der Waals surface area contributed by atoms with Gasteiger partial charge in [-0.25, -0.2) is 4.98 Å². The molecule has 3 nitrogen and oxygen atoms in total. The van der Waals surface area contributed by atoms with Crippen molar-refractivity contribution in [3.8, 4) is 5.75 Å². The fraction of sp³-hybridized carbons (Fsp3) is 0.286. The lowest BCUT2D eigenvalue weighted by Crippen LogP contribution is -1.99. The molecule has 0 bridgehead atoms. The molecule has 1 aromatic rings. The summed E-state index contributed by atoms with van der Waals surface area (Å²) in [7, 11) is 1.51. The second-order valence-corrected chi connectivity index (χ2v) is 1.87. The average Bonchev–Trinajstić information content (AvgIpc) is 2.04. The Morgan fingerprint density at radius 2 is 2.36 bits per heavy atom. The van der Waals surface area contributed by atoms with Crippen LogP contribution in [0, 0.1) is 5.95 Å². The molecule has 0 unspecified atom stereocenters. The van der Waals surface area contributed by atoms with Gasteiger partial charge in [-0.1, -0.05) is 0 Å². The maximum atomic E-state index is 12.2. The van der Waals surface area contributed by atoms with Crippen LogP contribution in [0.4, 0.5) is 4.39 Å². The Kier molecular flexibility index (Phi) is 2.80. The van der Waals surface area contributed by atoms with E-state index in [0.717, 1.165) is 0 Å². The van der Waals surface area contributed by atoms with E-state index in [1.807, 2.05) is 0 Å². The third-order valence-electron chi connectivity index (χ3n) is 1.04. The molecule has 0 spiro atoms. The topological polar surface area (TPSA) is 31.4 Å². The molecule has 0 aliphatic heterocycles. The van der Waals surface area contributed by atoms with Crippen molar-refractivity contribution >= 4 is 0 Å². The first-order valence-electron chi connectivity index (χ1n) is 3.06. The van der Waals surface area contributed by atoms with Gasteiger partial charge in [0.25, 0.3) is 0 Å². The molecule has 0 fully saturated rings. The van der Waals surface area contributed by atoms with Gasteiger partial charge in [0.15, 0.2) is 6.79 Å². The standard InChI is InChI=1S/C7H8FNO2/c1-10-5-11-6-2-3-7(8)9-4-6/h2-4H,5H2,1H3. The maximum absolute atomic E-state index is 12.2. The smallest absolute Gasteiger partial charge is 0.213 e. The number of hydrogen-bond donors (Lipinski definition) is 0. The van der Waals surface area contributed by atoms with Crippen LogP contribution in [0.1, 0.15) is 0 Å². The van der Waals surface area contributed by atoms with Gasteiger partial charge in [-0.3, -0.25) is 0 Å². The van der Waals surface area contributed by atoms with Crippen molar-refractivity contribution in [1.82, 2.24) is 4.98 Å². The first-order chi connectivity index (χ1) is 5.33. The predicted octanol–water partition coefficient (Wildman–Crippen LogP) is 1.20. The Balaban J connectivity index is 2.52. The maximum Gasteiger partial charge on any atom is 0.213 e. The second-order valence-electron chi connectivity index (χ2n) is 1.87. The molecular weight excluding hydrogens is 149 g/mol. The zero-order valence-electron chi connectivity index (χ0n) is 6.08. The molecule has 11 heavy (non-hydrogen) atoms. The van der Waals surface area contributed by atoms with Crippen molar-refractivity contribution in [2.45, 2.75) is 0 Å². The van der Waals surface area contributed by atoms with E-state index in [9.17, 15) is 4.39 Å². The summed E-state index contributed by atoms with van der Waals surface area (Å²) >= 11 is 0. The van der Waals surface area contributed by atoms with Crippen LogP contribution in [0.5, 0.6) is 5.75 Å². The van der Waals surface area contributed by atoms with Crippen LogP contribution in [0.25, 0.3) is 0 Å². The molecule has 0 atom stereocenters. The monoisotopic (exact) mass is 157 g/mol. The highest BCUT2D eigenvalue weighted by Gasteiger charge is 1.93. The predicted molar refractivity (Wildman–Crippen MR) is 36.7 cm³/mol. The van der Waals surface area contributed by atoms with Crippen molar-refractivity contribution < 1.29 is 13.9 Å². The van der Waals surface area contributed by atoms with Crippen LogP contribution < -0.4 is 4.74 Å². The highest BCUT2D eigenvalue weighted by atomic mass is 19.1. The van der Waals surface area contributed by atoms with E-state index in [1.54, 1.807) is 0 Å². The minimum atomic E-state index is -0.519. The number of hydrogen-bond acceptors (Lipinski definition) is 3. The van der Waals surface area contributed by atoms with Crippen LogP contribution in [-0.2, 0) is 4.74 Å². The van der Waals surface area contributed by atoms with Gasteiger partial charge in [0.1, 0.15) is 5.75 Å². The molecule has 1 heterocycles. The van der Waals surface area contributed by atoms with Gasteiger partial charge in [0, 0.05) is 7.11 Å². The molecular formula is C7H8FNO2. The molecule has 0 N–H and O–H groups in total. The molecule has 0 radical (unpaired) electrons. The number of aromatic nitrogens is 1. The molecule has 0 saturated heterocycles. The third kappa shape index (κ3) is 2.51. The van der Waals surface area contributed by atoms with Gasteiger partial charge >= 0.3 is 0 Å². The third-order valence-corrected chi connectivity index (χ3v) is 1.04. The normalized spacial score (nSPS) is 9.64. The van der Waals surface area contributed by atoms with Gasteiger partial charge in [0.05, 0.1) is 6.20 Å². The average molecular weight is 157 g/mol. The van der Waals surface area contributed by atoms with Crippen LogP contribution in [0.3, 0.4) is 0 Å². The fourth-order valence-electron chi connectivity index (χ4n) is 0.575. The summed E-state index contributed by atoms with van der Waals surface area (Å²) in [5, 5.41) is 0. The lowest BCUT2D eigenvalue weighted by molar-refractivity contribution is 0.0507. The zero-order valence-corrected chi connectivity index (χ0v) is 6.08. The van der Waals surface area contributed by atoms with Gasteiger partial charge in [-0.05, 0) is 12.1 Å². The van der Waals surface area contributed by atoms with Crippen LogP contribution >= 0.6 is 0 Å². The number of halogens is 1. The van der Waals surface area contributed by atoms with Gasteiger partial charge in [0.2, 0.25) is 5.95 Å². The van der Waals surface area contributed by atoms with Gasteiger partial charge in [-0.2, -0.15) is 4.39 Å². The van der Waals surface area contributed by atoms with Crippen LogP contribution in [0.15, 0.2) is 18.3 Å². The summed E-state index contributed by atoms with van der Waals surface area (Å²) in [6.45, 7) is 0.146. The summed E-state index contributed by atoms with van der Waals surface area (Å²) in [6, 6.07) is 2.71. The second kappa shape index (κ2) is 3.88. The minimum Gasteiger partial charge on any atom is -0.466 e. The molecule has 0 saturated carbocycles. The van der Waals surface area contributed by atoms with E-state index in [4.69, 9.17) is 4.74 Å². The highest BCUT2D eigenvalue weighted by molar-refractivity contribution is 5.15. The van der Waals surface area contributed by atoms with E-state index in [-0.39, 0.29) is 6.79 Å². The first-order valence-corrected chi connectivity index (χ1v) is 3.06. The number of methoxy groups -OCH3 is 1. The van der Waals surface area contributed by atoms with Crippen LogP contribution in [0.2, 0.25) is 0 Å². The highest BCUT2D eigenvalue weighted by Crippen LogP contribution is 2.07. The fourth-order valence-corrected chi connectivity index (χ4v) is 0.575. The molecule has 0 aliphatic carbocycles. The summed E-state index contributed by atoms with van der Waals surface area (Å²) in [5.74, 6) is -0.0250. The Bertz CT molecular complexity index is 212. The summed E-state index contributed by atoms with van der Waals surface area (Å²) < 4.78 is 21.8. The molecule has 0 aromatic carbocycles. The Morgan fingerprint density at radius 3 is 2.91 bits per heavy atom. The quantitative estimate of drug-likeness (QED) is 0.488. The Morgan fingerprint density at radius 1 is 1.55 bits per heavy atom. The van der Waals surface area contributed by atoms with Crippen molar-refractivity contribution in [3.05, 3.63) is 24.3 Å². The summed E-state index contributed by atoms with van der Waals surface area (Å²) in [6.07, 6.45) is 1.30. The minimum absolute atomic E-state index is 0.146. The van der Waals surface area contributed by atoms with Crippen molar-refractivity contribution in [3.63, 3.8) is 0 Å². The van der Waals surface area contributed by atoms with Crippen molar-refractivity contribution in [2.75, 3.05) is 13.9 Å². The van der Waals surface area contributed by atoms with E-state index in [0.29, 0.717) is 5.75 Å². The number of nitrogens with zero attached hydrogens (tertiary/aromatic N) is 1. The summed E-state index contributed by atoms with van der Waals surface area (Å²) in [4.78, 5) is 3.38. The van der Waals surface area contributed by atoms with Crippen LogP contribution in [-0.4, -0.2) is 18.9 Å². The van der Waals surface area contributed by atoms with E-state index in [1.165, 1.54) is 25.4 Å². The number of pyridine rings is 1. The SMILES string of the molecule is COCOc1ccc(F)nc1. The molecule has 1 aromatic heterocycles. The van der Waals surface area contributed by atoms with E-state index >= 15 is 0 Å². The Labute approximate surface area is 63.8 Å². The lowest BCUT2D eigenvalue weighted by atomic mass is 10.5. The van der Waals surface area contributed by atoms with E-state index in [2.05, 4.69) is 9.72 Å². The largest absolute Gasteiger partial charge is 0.466 e.